The molecule has 1 aliphatic rings. The molecule has 3 heteroatoms. The lowest BCUT2D eigenvalue weighted by atomic mass is 9.90. The number of hydrogen-bond acceptors (Lipinski definition) is 2. The number of nitrogens with one attached hydrogen (secondary N) is 1. The third-order valence-electron chi connectivity index (χ3n) is 4.18. The zero-order valence-electron chi connectivity index (χ0n) is 11.7. The van der Waals surface area contributed by atoms with Crippen molar-refractivity contribution >= 4 is 0 Å². The minimum absolute atomic E-state index is 0.0229. The molecular formula is C16H24FNO. The SMILES string of the molecule is CC(CO)(NC1CCCCCC1)c1ccc(F)cc1. The smallest absolute Gasteiger partial charge is 0.123 e. The second-order valence-electron chi connectivity index (χ2n) is 5.83. The number of rotatable bonds is 4. The molecule has 1 aromatic rings. The van der Waals surface area contributed by atoms with Crippen molar-refractivity contribution in [1.82, 2.24) is 5.32 Å². The van der Waals surface area contributed by atoms with Crippen molar-refractivity contribution in [2.24, 2.45) is 0 Å². The molecular weight excluding hydrogens is 241 g/mol. The molecule has 1 unspecified atom stereocenters. The molecule has 0 bridgehead atoms. The predicted octanol–water partition coefficient (Wildman–Crippen LogP) is 3.35. The van der Waals surface area contributed by atoms with Gasteiger partial charge in [0.1, 0.15) is 5.82 Å². The van der Waals surface area contributed by atoms with Crippen LogP contribution in [0.4, 0.5) is 4.39 Å². The van der Waals surface area contributed by atoms with Crippen molar-refractivity contribution in [1.29, 1.82) is 0 Å². The average molecular weight is 265 g/mol. The quantitative estimate of drug-likeness (QED) is 0.818. The maximum atomic E-state index is 13.0. The number of benzene rings is 1. The van der Waals surface area contributed by atoms with Crippen molar-refractivity contribution in [2.75, 3.05) is 6.61 Å². The third-order valence-corrected chi connectivity index (χ3v) is 4.18. The number of halogens is 1. The second kappa shape index (κ2) is 6.49. The van der Waals surface area contributed by atoms with Gasteiger partial charge in [0, 0.05) is 6.04 Å². The second-order valence-corrected chi connectivity index (χ2v) is 5.83. The lowest BCUT2D eigenvalue weighted by Gasteiger charge is -2.34. The van der Waals surface area contributed by atoms with Crippen LogP contribution in [-0.2, 0) is 5.54 Å². The highest BCUT2D eigenvalue weighted by Gasteiger charge is 2.28. The van der Waals surface area contributed by atoms with E-state index < -0.39 is 5.54 Å². The Morgan fingerprint density at radius 3 is 2.26 bits per heavy atom. The van der Waals surface area contributed by atoms with E-state index in [1.54, 1.807) is 12.1 Å². The number of hydrogen-bond donors (Lipinski definition) is 2. The van der Waals surface area contributed by atoms with Crippen LogP contribution in [0.1, 0.15) is 51.0 Å². The van der Waals surface area contributed by atoms with E-state index >= 15 is 0 Å². The minimum Gasteiger partial charge on any atom is -0.394 e. The summed E-state index contributed by atoms with van der Waals surface area (Å²) in [5, 5.41) is 13.3. The van der Waals surface area contributed by atoms with E-state index in [1.165, 1.54) is 37.8 Å². The highest BCUT2D eigenvalue weighted by Crippen LogP contribution is 2.25. The normalized spacial score (nSPS) is 20.8. The van der Waals surface area contributed by atoms with E-state index in [4.69, 9.17) is 0 Å². The number of aliphatic hydroxyl groups is 1. The molecule has 2 nitrogen and oxygen atoms in total. The first-order chi connectivity index (χ1) is 9.14. The molecule has 19 heavy (non-hydrogen) atoms. The fourth-order valence-electron chi connectivity index (χ4n) is 2.91. The Morgan fingerprint density at radius 2 is 1.74 bits per heavy atom. The summed E-state index contributed by atoms with van der Waals surface area (Å²) in [6, 6.07) is 6.88. The van der Waals surface area contributed by atoms with Gasteiger partial charge in [-0.2, -0.15) is 0 Å². The molecule has 1 aliphatic carbocycles. The Kier molecular flexibility index (Phi) is 4.94. The first-order valence-corrected chi connectivity index (χ1v) is 7.29. The summed E-state index contributed by atoms with van der Waals surface area (Å²) in [4.78, 5) is 0. The van der Waals surface area contributed by atoms with Crippen molar-refractivity contribution < 1.29 is 9.50 Å². The first kappa shape index (κ1) is 14.5. The largest absolute Gasteiger partial charge is 0.394 e. The molecule has 2 N–H and O–H groups in total. The zero-order valence-corrected chi connectivity index (χ0v) is 11.7. The van der Waals surface area contributed by atoms with E-state index in [1.807, 2.05) is 6.92 Å². The van der Waals surface area contributed by atoms with Crippen LogP contribution in [-0.4, -0.2) is 17.8 Å². The summed E-state index contributed by atoms with van der Waals surface area (Å²) in [7, 11) is 0. The Morgan fingerprint density at radius 1 is 1.16 bits per heavy atom. The molecule has 0 aliphatic heterocycles. The van der Waals surface area contributed by atoms with Crippen LogP contribution in [0.5, 0.6) is 0 Å². The fraction of sp³-hybridized carbons (Fsp3) is 0.625. The molecule has 0 amide bonds. The maximum absolute atomic E-state index is 13.0. The van der Waals surface area contributed by atoms with E-state index in [-0.39, 0.29) is 12.4 Å². The van der Waals surface area contributed by atoms with Gasteiger partial charge in [-0.25, -0.2) is 4.39 Å². The van der Waals surface area contributed by atoms with Gasteiger partial charge in [0.25, 0.3) is 0 Å². The predicted molar refractivity (Wildman–Crippen MR) is 75.5 cm³/mol. The topological polar surface area (TPSA) is 32.3 Å². The molecule has 1 saturated carbocycles. The minimum atomic E-state index is -0.483. The Hall–Kier alpha value is -0.930. The first-order valence-electron chi connectivity index (χ1n) is 7.29. The van der Waals surface area contributed by atoms with Gasteiger partial charge in [-0.15, -0.1) is 0 Å². The van der Waals surface area contributed by atoms with Gasteiger partial charge < -0.3 is 10.4 Å². The molecule has 0 heterocycles. The van der Waals surface area contributed by atoms with Crippen molar-refractivity contribution in [3.63, 3.8) is 0 Å². The van der Waals surface area contributed by atoms with Crippen molar-refractivity contribution in [3.05, 3.63) is 35.6 Å². The molecule has 1 atom stereocenters. The van der Waals surface area contributed by atoms with Gasteiger partial charge in [0.05, 0.1) is 12.1 Å². The molecule has 0 spiro atoms. The lowest BCUT2D eigenvalue weighted by molar-refractivity contribution is 0.157. The maximum Gasteiger partial charge on any atom is 0.123 e. The Bertz CT molecular complexity index is 384. The van der Waals surface area contributed by atoms with E-state index in [2.05, 4.69) is 5.32 Å². The summed E-state index contributed by atoms with van der Waals surface area (Å²) in [5.74, 6) is -0.237. The molecule has 0 saturated heterocycles. The van der Waals surface area contributed by atoms with Crippen LogP contribution < -0.4 is 5.32 Å². The highest BCUT2D eigenvalue weighted by atomic mass is 19.1. The monoisotopic (exact) mass is 265 g/mol. The van der Waals surface area contributed by atoms with Crippen LogP contribution >= 0.6 is 0 Å². The van der Waals surface area contributed by atoms with Gasteiger partial charge in [-0.1, -0.05) is 37.8 Å². The average Bonchev–Trinajstić information content (AvgIpc) is 2.68. The molecule has 1 aromatic carbocycles. The summed E-state index contributed by atoms with van der Waals surface area (Å²) in [6.45, 7) is 2.01. The zero-order chi connectivity index (χ0) is 13.7. The van der Waals surface area contributed by atoms with Gasteiger partial charge >= 0.3 is 0 Å². The van der Waals surface area contributed by atoms with Gasteiger partial charge in [0.15, 0.2) is 0 Å². The van der Waals surface area contributed by atoms with Crippen LogP contribution in [0.25, 0.3) is 0 Å². The summed E-state index contributed by atoms with van der Waals surface area (Å²) >= 11 is 0. The summed E-state index contributed by atoms with van der Waals surface area (Å²) < 4.78 is 13.0. The lowest BCUT2D eigenvalue weighted by Crippen LogP contribution is -2.48. The molecule has 2 rings (SSSR count). The number of aliphatic hydroxyl groups excluding tert-OH is 1. The van der Waals surface area contributed by atoms with E-state index in [9.17, 15) is 9.50 Å². The van der Waals surface area contributed by atoms with Gasteiger partial charge in [-0.3, -0.25) is 0 Å². The van der Waals surface area contributed by atoms with Gasteiger partial charge in [-0.05, 0) is 37.5 Å². The Labute approximate surface area is 115 Å². The summed E-state index contributed by atoms with van der Waals surface area (Å²) in [6.07, 6.45) is 7.45. The van der Waals surface area contributed by atoms with E-state index in [0.717, 1.165) is 18.4 Å². The van der Waals surface area contributed by atoms with Gasteiger partial charge in [0.2, 0.25) is 0 Å². The van der Waals surface area contributed by atoms with Crippen LogP contribution in [0.2, 0.25) is 0 Å². The highest BCUT2D eigenvalue weighted by molar-refractivity contribution is 5.24. The van der Waals surface area contributed by atoms with Crippen molar-refractivity contribution in [2.45, 2.75) is 57.0 Å². The Balaban J connectivity index is 2.10. The van der Waals surface area contributed by atoms with Crippen LogP contribution in [0.3, 0.4) is 0 Å². The third kappa shape index (κ3) is 3.77. The molecule has 0 radical (unpaired) electrons. The molecule has 1 fully saturated rings. The molecule has 106 valence electrons. The van der Waals surface area contributed by atoms with E-state index in [0.29, 0.717) is 6.04 Å². The van der Waals surface area contributed by atoms with Crippen LogP contribution in [0, 0.1) is 5.82 Å². The fourth-order valence-corrected chi connectivity index (χ4v) is 2.91. The molecule has 0 aromatic heterocycles. The standard InChI is InChI=1S/C16H24FNO/c1-16(12-19,13-8-10-14(17)11-9-13)18-15-6-4-2-3-5-7-15/h8-11,15,18-19H,2-7,12H2,1H3. The van der Waals surface area contributed by atoms with Crippen molar-refractivity contribution in [3.8, 4) is 0 Å². The summed E-state index contributed by atoms with van der Waals surface area (Å²) in [5.41, 5.74) is 0.462. The van der Waals surface area contributed by atoms with Crippen LogP contribution in [0.15, 0.2) is 24.3 Å².